The van der Waals surface area contributed by atoms with Crippen LogP contribution in [0, 0.1) is 12.3 Å². The van der Waals surface area contributed by atoms with Crippen molar-refractivity contribution in [3.8, 4) is 17.0 Å². The average molecular weight is 523 g/mol. The number of para-hydroxylation sites is 1. The van der Waals surface area contributed by atoms with Gasteiger partial charge in [0.2, 0.25) is 0 Å². The van der Waals surface area contributed by atoms with Crippen LogP contribution in [-0.2, 0) is 36.3 Å². The maximum atomic E-state index is 13.5. The van der Waals surface area contributed by atoms with Gasteiger partial charge in [-0.25, -0.2) is 0 Å². The number of ether oxygens (including phenoxy) is 3. The number of carbonyl (C=O) groups excluding carboxylic acids is 3. The van der Waals surface area contributed by atoms with E-state index in [1.165, 1.54) is 6.20 Å². The van der Waals surface area contributed by atoms with E-state index in [1.54, 1.807) is 62.4 Å². The third kappa shape index (κ3) is 6.34. The van der Waals surface area contributed by atoms with Crippen molar-refractivity contribution >= 4 is 23.6 Å². The van der Waals surface area contributed by atoms with Crippen LogP contribution in [0.2, 0.25) is 0 Å². The monoisotopic (exact) mass is 522 g/mol. The zero-order chi connectivity index (χ0) is 27.9. The molecule has 200 valence electrons. The number of hydrogen-bond donors (Lipinski definition) is 4. The summed E-state index contributed by atoms with van der Waals surface area (Å²) >= 11 is 0. The Balaban J connectivity index is 1.98. The van der Waals surface area contributed by atoms with Gasteiger partial charge in [0, 0.05) is 30.8 Å². The van der Waals surface area contributed by atoms with Crippen LogP contribution < -0.4 is 21.5 Å². The van der Waals surface area contributed by atoms with Crippen molar-refractivity contribution in [2.24, 2.45) is 11.5 Å². The molecule has 0 spiro atoms. The van der Waals surface area contributed by atoms with E-state index in [0.29, 0.717) is 28.1 Å². The average Bonchev–Trinajstić information content (AvgIpc) is 3.27. The summed E-state index contributed by atoms with van der Waals surface area (Å²) in [5.74, 6) is -4.13. The lowest BCUT2D eigenvalue weighted by Gasteiger charge is -2.30. The van der Waals surface area contributed by atoms with E-state index in [-0.39, 0.29) is 25.6 Å². The third-order valence-corrected chi connectivity index (χ3v) is 5.34. The maximum Gasteiger partial charge on any atom is 0.400 e. The molecule has 1 heterocycles. The van der Waals surface area contributed by atoms with E-state index < -0.39 is 23.7 Å². The van der Waals surface area contributed by atoms with Crippen molar-refractivity contribution in [3.63, 3.8) is 0 Å². The van der Waals surface area contributed by atoms with Gasteiger partial charge >= 0.3 is 17.8 Å². The van der Waals surface area contributed by atoms with Crippen LogP contribution in [0.4, 0.5) is 0 Å². The molecule has 2 amide bonds. The number of rotatable bonds is 12. The molecular weight excluding hydrogens is 492 g/mol. The Morgan fingerprint density at radius 2 is 1.79 bits per heavy atom. The Morgan fingerprint density at radius 3 is 2.39 bits per heavy atom. The zero-order valence-electron chi connectivity index (χ0n) is 21.3. The van der Waals surface area contributed by atoms with Gasteiger partial charge < -0.3 is 31.0 Å². The Kier molecular flexibility index (Phi) is 8.81. The first kappa shape index (κ1) is 27.9. The molecule has 0 aliphatic carbocycles. The molecule has 0 saturated heterocycles. The highest BCUT2D eigenvalue weighted by atomic mass is 16.7. The number of nitrogen functional groups attached to an aromatic ring is 1. The fourth-order valence-electron chi connectivity index (χ4n) is 3.66. The summed E-state index contributed by atoms with van der Waals surface area (Å²) in [7, 11) is 0. The van der Waals surface area contributed by atoms with Crippen LogP contribution in [0.1, 0.15) is 30.5 Å². The van der Waals surface area contributed by atoms with E-state index in [4.69, 9.17) is 31.1 Å². The fraction of sp³-hybridized carbons (Fsp3) is 0.269. The van der Waals surface area contributed by atoms with E-state index in [9.17, 15) is 14.4 Å². The molecule has 6 N–H and O–H groups in total. The van der Waals surface area contributed by atoms with Gasteiger partial charge in [-0.1, -0.05) is 36.4 Å². The molecule has 0 bridgehead atoms. The van der Waals surface area contributed by atoms with E-state index >= 15 is 0 Å². The number of esters is 1. The molecule has 3 rings (SSSR count). The molecule has 38 heavy (non-hydrogen) atoms. The van der Waals surface area contributed by atoms with Crippen LogP contribution >= 0.6 is 0 Å². The van der Waals surface area contributed by atoms with Crippen molar-refractivity contribution in [2.75, 3.05) is 13.2 Å². The Labute approximate surface area is 219 Å². The second-order valence-electron chi connectivity index (χ2n) is 8.26. The van der Waals surface area contributed by atoms with Gasteiger partial charge in [0.1, 0.15) is 11.6 Å². The zero-order valence-corrected chi connectivity index (χ0v) is 21.3. The SMILES string of the molecule is CCOC(OC(C)=O)(C(=O)NCc1ccc(C(=N)N)cc1)n1cc(C)c(-c2ccccc2OCC(N)=O)n1. The van der Waals surface area contributed by atoms with Crippen molar-refractivity contribution in [1.82, 2.24) is 15.1 Å². The summed E-state index contributed by atoms with van der Waals surface area (Å²) in [6.45, 7) is 4.32. The van der Waals surface area contributed by atoms with Crippen LogP contribution in [-0.4, -0.2) is 46.6 Å². The summed E-state index contributed by atoms with van der Waals surface area (Å²) < 4.78 is 17.9. The summed E-state index contributed by atoms with van der Waals surface area (Å²) in [5.41, 5.74) is 13.5. The van der Waals surface area contributed by atoms with Crippen LogP contribution in [0.3, 0.4) is 0 Å². The lowest BCUT2D eigenvalue weighted by atomic mass is 10.1. The summed E-state index contributed by atoms with van der Waals surface area (Å²) in [6, 6.07) is 13.6. The highest BCUT2D eigenvalue weighted by Crippen LogP contribution is 2.33. The number of amides is 2. The normalized spacial score (nSPS) is 12.3. The minimum Gasteiger partial charge on any atom is -0.483 e. The number of nitrogens with one attached hydrogen (secondary N) is 2. The molecule has 1 unspecified atom stereocenters. The molecule has 0 radical (unpaired) electrons. The maximum absolute atomic E-state index is 13.5. The minimum absolute atomic E-state index is 0.0144. The quantitative estimate of drug-likeness (QED) is 0.119. The van der Waals surface area contributed by atoms with E-state index in [0.717, 1.165) is 17.2 Å². The predicted octanol–water partition coefficient (Wildman–Crippen LogP) is 1.53. The van der Waals surface area contributed by atoms with Gasteiger partial charge in [0.25, 0.3) is 5.91 Å². The third-order valence-electron chi connectivity index (χ3n) is 5.34. The lowest BCUT2D eigenvalue weighted by Crippen LogP contribution is -2.53. The molecule has 12 nitrogen and oxygen atoms in total. The first-order valence-electron chi connectivity index (χ1n) is 11.7. The molecule has 1 atom stereocenters. The number of nitrogens with zero attached hydrogens (tertiary/aromatic N) is 2. The second-order valence-corrected chi connectivity index (χ2v) is 8.26. The molecule has 2 aromatic carbocycles. The Morgan fingerprint density at radius 1 is 1.11 bits per heavy atom. The molecule has 0 fully saturated rings. The van der Waals surface area contributed by atoms with Crippen molar-refractivity contribution < 1.29 is 28.6 Å². The van der Waals surface area contributed by atoms with Gasteiger partial charge in [0.05, 0.1) is 12.3 Å². The van der Waals surface area contributed by atoms with E-state index in [2.05, 4.69) is 10.4 Å². The first-order valence-corrected chi connectivity index (χ1v) is 11.7. The topological polar surface area (TPSA) is 185 Å². The fourth-order valence-corrected chi connectivity index (χ4v) is 3.66. The van der Waals surface area contributed by atoms with Crippen molar-refractivity contribution in [1.29, 1.82) is 5.41 Å². The number of amidine groups is 1. The van der Waals surface area contributed by atoms with Crippen LogP contribution in [0.15, 0.2) is 54.7 Å². The number of hydrogen-bond acceptors (Lipinski definition) is 8. The van der Waals surface area contributed by atoms with Gasteiger partial charge in [0.15, 0.2) is 6.61 Å². The van der Waals surface area contributed by atoms with Gasteiger partial charge in [-0.2, -0.15) is 9.78 Å². The van der Waals surface area contributed by atoms with Gasteiger partial charge in [-0.15, -0.1) is 0 Å². The van der Waals surface area contributed by atoms with E-state index in [1.807, 2.05) is 0 Å². The summed E-state index contributed by atoms with van der Waals surface area (Å²) in [6.07, 6.45) is 1.51. The number of primary amides is 1. The highest BCUT2D eigenvalue weighted by molar-refractivity contribution is 5.94. The minimum atomic E-state index is -2.24. The van der Waals surface area contributed by atoms with Crippen LogP contribution in [0.25, 0.3) is 11.3 Å². The van der Waals surface area contributed by atoms with Gasteiger partial charge in [-0.3, -0.25) is 19.8 Å². The Hall–Kier alpha value is -4.71. The molecular formula is C26H30N6O6. The summed E-state index contributed by atoms with van der Waals surface area (Å²) in [4.78, 5) is 36.9. The molecule has 1 aromatic heterocycles. The number of carbonyl (C=O) groups is 3. The smallest absolute Gasteiger partial charge is 0.400 e. The number of nitrogens with two attached hydrogens (primary N) is 2. The predicted molar refractivity (Wildman–Crippen MR) is 138 cm³/mol. The number of aryl methyl sites for hydroxylation is 1. The van der Waals surface area contributed by atoms with Gasteiger partial charge in [-0.05, 0) is 37.1 Å². The molecule has 0 aliphatic heterocycles. The largest absolute Gasteiger partial charge is 0.483 e. The summed E-state index contributed by atoms with van der Waals surface area (Å²) in [5, 5.41) is 14.8. The lowest BCUT2D eigenvalue weighted by molar-refractivity contribution is -0.267. The molecule has 0 aliphatic rings. The molecule has 3 aromatic rings. The molecule has 0 saturated carbocycles. The van der Waals surface area contributed by atoms with Crippen molar-refractivity contribution in [2.45, 2.75) is 33.2 Å². The van der Waals surface area contributed by atoms with Crippen LogP contribution in [0.5, 0.6) is 5.75 Å². The highest BCUT2D eigenvalue weighted by Gasteiger charge is 2.47. The number of aromatic nitrogens is 2. The molecule has 12 heteroatoms. The first-order chi connectivity index (χ1) is 18.1. The van der Waals surface area contributed by atoms with Crippen molar-refractivity contribution in [3.05, 3.63) is 71.4 Å². The second kappa shape index (κ2) is 12.0. The standard InChI is InChI=1S/C26H30N6O6/c1-4-37-26(38-17(3)33,25(35)30-13-18-9-11-19(12-10-18)24(28)29)32-14-16(2)23(31-32)20-7-5-6-8-21(20)36-15-22(27)34/h5-12,14H,4,13,15H2,1-3H3,(H2,27,34)(H3,28,29)(H,30,35). The Bertz CT molecular complexity index is 1340. The number of benzene rings is 2.